The third-order valence-corrected chi connectivity index (χ3v) is 3.28. The molecule has 0 fully saturated rings. The summed E-state index contributed by atoms with van der Waals surface area (Å²) in [5.74, 6) is -2.26. The molecule has 0 saturated heterocycles. The summed E-state index contributed by atoms with van der Waals surface area (Å²) in [6, 6.07) is 3.25. The zero-order chi connectivity index (χ0) is 19.6. The standard InChI is InChI=1S/C15H19F3N4O3/c1-14(2,3)22-7-9(6-19)5-11(22)20-12(24)13(25)21(4)8-10(23)15(16,17)18/h5,7,10,23H,8H2,1-4H3,(H,20,24). The lowest BCUT2D eigenvalue weighted by Gasteiger charge is -2.25. The Labute approximate surface area is 142 Å². The predicted octanol–water partition coefficient (Wildman–Crippen LogP) is 1.43. The van der Waals surface area contributed by atoms with E-state index in [0.29, 0.717) is 4.90 Å². The van der Waals surface area contributed by atoms with Crippen LogP contribution in [0.3, 0.4) is 0 Å². The first kappa shape index (κ1) is 20.5. The second-order valence-corrected chi connectivity index (χ2v) is 6.46. The number of aliphatic hydroxyl groups is 1. The Morgan fingerprint density at radius 2 is 1.96 bits per heavy atom. The maximum Gasteiger partial charge on any atom is 0.416 e. The Hall–Kier alpha value is -2.54. The van der Waals surface area contributed by atoms with Crippen LogP contribution >= 0.6 is 0 Å². The number of hydrogen-bond donors (Lipinski definition) is 2. The number of aliphatic hydroxyl groups excluding tert-OH is 1. The number of amides is 2. The largest absolute Gasteiger partial charge is 0.416 e. The van der Waals surface area contributed by atoms with Crippen LogP contribution in [0.25, 0.3) is 0 Å². The van der Waals surface area contributed by atoms with E-state index in [4.69, 9.17) is 10.4 Å². The van der Waals surface area contributed by atoms with Crippen molar-refractivity contribution in [2.45, 2.75) is 38.6 Å². The van der Waals surface area contributed by atoms with Gasteiger partial charge in [-0.3, -0.25) is 9.59 Å². The third-order valence-electron chi connectivity index (χ3n) is 3.28. The van der Waals surface area contributed by atoms with Crippen LogP contribution in [0.5, 0.6) is 0 Å². The second kappa shape index (κ2) is 7.14. The highest BCUT2D eigenvalue weighted by atomic mass is 19.4. The van der Waals surface area contributed by atoms with Crippen molar-refractivity contribution in [2.75, 3.05) is 18.9 Å². The first-order chi connectivity index (χ1) is 11.3. The number of anilines is 1. The Bertz CT molecular complexity index is 698. The molecule has 138 valence electrons. The van der Waals surface area contributed by atoms with Gasteiger partial charge in [-0.25, -0.2) is 0 Å². The maximum absolute atomic E-state index is 12.3. The summed E-state index contributed by atoms with van der Waals surface area (Å²) >= 11 is 0. The van der Waals surface area contributed by atoms with E-state index in [1.165, 1.54) is 12.3 Å². The van der Waals surface area contributed by atoms with E-state index in [1.54, 1.807) is 25.3 Å². The molecule has 1 aromatic rings. The van der Waals surface area contributed by atoms with E-state index in [0.717, 1.165) is 7.05 Å². The summed E-state index contributed by atoms with van der Waals surface area (Å²) in [4.78, 5) is 24.4. The molecule has 7 nitrogen and oxygen atoms in total. The number of carbonyl (C=O) groups is 2. The van der Waals surface area contributed by atoms with Crippen molar-refractivity contribution in [1.82, 2.24) is 9.47 Å². The van der Waals surface area contributed by atoms with Gasteiger partial charge in [-0.1, -0.05) is 0 Å². The van der Waals surface area contributed by atoms with Crippen molar-refractivity contribution in [1.29, 1.82) is 5.26 Å². The molecule has 1 unspecified atom stereocenters. The van der Waals surface area contributed by atoms with Gasteiger partial charge in [0.2, 0.25) is 0 Å². The lowest BCUT2D eigenvalue weighted by atomic mass is 10.1. The Morgan fingerprint density at radius 1 is 1.40 bits per heavy atom. The lowest BCUT2D eigenvalue weighted by molar-refractivity contribution is -0.207. The topological polar surface area (TPSA) is 98.4 Å². The van der Waals surface area contributed by atoms with Crippen molar-refractivity contribution in [3.05, 3.63) is 17.8 Å². The quantitative estimate of drug-likeness (QED) is 0.797. The number of likely N-dealkylation sites (N-methyl/N-ethyl adjacent to an activating group) is 1. The van der Waals surface area contributed by atoms with Crippen LogP contribution in [0.2, 0.25) is 0 Å². The van der Waals surface area contributed by atoms with Gasteiger partial charge in [0.1, 0.15) is 11.9 Å². The first-order valence-corrected chi connectivity index (χ1v) is 7.21. The summed E-state index contributed by atoms with van der Waals surface area (Å²) in [6.45, 7) is 4.34. The highest BCUT2D eigenvalue weighted by Crippen LogP contribution is 2.24. The number of nitrogens with one attached hydrogen (secondary N) is 1. The molecule has 0 saturated carbocycles. The number of hydrogen-bond acceptors (Lipinski definition) is 4. The van der Waals surface area contributed by atoms with Gasteiger partial charge >= 0.3 is 18.0 Å². The van der Waals surface area contributed by atoms with Crippen LogP contribution in [-0.2, 0) is 15.1 Å². The number of nitriles is 1. The average Bonchev–Trinajstić information content (AvgIpc) is 2.88. The Morgan fingerprint density at radius 3 is 2.40 bits per heavy atom. The van der Waals surface area contributed by atoms with Crippen LogP contribution in [0.4, 0.5) is 19.0 Å². The third kappa shape index (κ3) is 5.22. The van der Waals surface area contributed by atoms with E-state index in [2.05, 4.69) is 5.32 Å². The number of nitrogens with zero attached hydrogens (tertiary/aromatic N) is 3. The lowest BCUT2D eigenvalue weighted by Crippen LogP contribution is -2.45. The minimum Gasteiger partial charge on any atom is -0.382 e. The molecule has 0 aliphatic carbocycles. The number of rotatable bonds is 3. The fourth-order valence-corrected chi connectivity index (χ4v) is 1.96. The van der Waals surface area contributed by atoms with Crippen molar-refractivity contribution < 1.29 is 27.9 Å². The van der Waals surface area contributed by atoms with Gasteiger partial charge in [-0.05, 0) is 26.8 Å². The van der Waals surface area contributed by atoms with E-state index < -0.39 is 36.2 Å². The average molecular weight is 360 g/mol. The fourth-order valence-electron chi connectivity index (χ4n) is 1.96. The first-order valence-electron chi connectivity index (χ1n) is 7.21. The van der Waals surface area contributed by atoms with Crippen LogP contribution in [0.1, 0.15) is 26.3 Å². The van der Waals surface area contributed by atoms with Gasteiger partial charge in [0.15, 0.2) is 6.10 Å². The Balaban J connectivity index is 2.91. The van der Waals surface area contributed by atoms with Crippen LogP contribution in [0.15, 0.2) is 12.3 Å². The van der Waals surface area contributed by atoms with Gasteiger partial charge < -0.3 is 19.9 Å². The monoisotopic (exact) mass is 360 g/mol. The predicted molar refractivity (Wildman–Crippen MR) is 82.5 cm³/mol. The molecule has 1 rings (SSSR count). The van der Waals surface area contributed by atoms with E-state index in [9.17, 15) is 22.8 Å². The van der Waals surface area contributed by atoms with Gasteiger partial charge in [-0.15, -0.1) is 0 Å². The smallest absolute Gasteiger partial charge is 0.382 e. The van der Waals surface area contributed by atoms with Crippen molar-refractivity contribution >= 4 is 17.6 Å². The normalized spacial score (nSPS) is 13.1. The summed E-state index contributed by atoms with van der Waals surface area (Å²) < 4.78 is 38.5. The minimum atomic E-state index is -4.90. The summed E-state index contributed by atoms with van der Waals surface area (Å²) in [6.07, 6.45) is -6.16. The van der Waals surface area contributed by atoms with Gasteiger partial charge in [-0.2, -0.15) is 18.4 Å². The van der Waals surface area contributed by atoms with Crippen LogP contribution < -0.4 is 5.32 Å². The number of carbonyl (C=O) groups excluding carboxylic acids is 2. The molecule has 0 aromatic carbocycles. The van der Waals surface area contributed by atoms with Gasteiger partial charge in [0.05, 0.1) is 12.1 Å². The van der Waals surface area contributed by atoms with Crippen LogP contribution in [0, 0.1) is 11.3 Å². The van der Waals surface area contributed by atoms with Crippen molar-refractivity contribution in [3.8, 4) is 6.07 Å². The van der Waals surface area contributed by atoms with E-state index in [-0.39, 0.29) is 11.4 Å². The molecular formula is C15H19F3N4O3. The molecule has 1 atom stereocenters. The fraction of sp³-hybridized carbons (Fsp3) is 0.533. The Kier molecular flexibility index (Phi) is 5.86. The molecular weight excluding hydrogens is 341 g/mol. The SMILES string of the molecule is CN(CC(O)C(F)(F)F)C(=O)C(=O)Nc1cc(C#N)cn1C(C)(C)C. The number of alkyl halides is 3. The van der Waals surface area contributed by atoms with Crippen molar-refractivity contribution in [2.24, 2.45) is 0 Å². The molecule has 1 heterocycles. The molecule has 0 aliphatic heterocycles. The minimum absolute atomic E-state index is 0.159. The number of aromatic nitrogens is 1. The van der Waals surface area contributed by atoms with E-state index in [1.807, 2.05) is 6.07 Å². The highest BCUT2D eigenvalue weighted by molar-refractivity contribution is 6.39. The second-order valence-electron chi connectivity index (χ2n) is 6.46. The zero-order valence-electron chi connectivity index (χ0n) is 14.2. The van der Waals surface area contributed by atoms with E-state index >= 15 is 0 Å². The molecule has 10 heteroatoms. The maximum atomic E-state index is 12.3. The number of halogens is 3. The molecule has 2 N–H and O–H groups in total. The molecule has 0 aliphatic rings. The molecule has 1 aromatic heterocycles. The molecule has 0 bridgehead atoms. The zero-order valence-corrected chi connectivity index (χ0v) is 14.2. The van der Waals surface area contributed by atoms with Crippen LogP contribution in [-0.4, -0.2) is 52.3 Å². The summed E-state index contributed by atoms with van der Waals surface area (Å²) in [5, 5.41) is 20.2. The molecule has 0 radical (unpaired) electrons. The summed E-state index contributed by atoms with van der Waals surface area (Å²) in [7, 11) is 0.973. The van der Waals surface area contributed by atoms with Gasteiger partial charge in [0, 0.05) is 18.8 Å². The molecule has 2 amide bonds. The molecule has 25 heavy (non-hydrogen) atoms. The highest BCUT2D eigenvalue weighted by Gasteiger charge is 2.40. The molecule has 0 spiro atoms. The van der Waals surface area contributed by atoms with Gasteiger partial charge in [0.25, 0.3) is 0 Å². The van der Waals surface area contributed by atoms with Crippen molar-refractivity contribution in [3.63, 3.8) is 0 Å². The summed E-state index contributed by atoms with van der Waals surface area (Å²) in [5.41, 5.74) is -0.266.